The predicted molar refractivity (Wildman–Crippen MR) is 49.8 cm³/mol. The lowest BCUT2D eigenvalue weighted by Crippen LogP contribution is -2.20. The summed E-state index contributed by atoms with van der Waals surface area (Å²) in [6.07, 6.45) is 5.46. The summed E-state index contributed by atoms with van der Waals surface area (Å²) in [5, 5.41) is 1.49. The van der Waals surface area contributed by atoms with E-state index in [9.17, 15) is 0 Å². The number of rotatable bonds is 1. The van der Waals surface area contributed by atoms with Crippen molar-refractivity contribution in [3.8, 4) is 0 Å². The Bertz CT molecular complexity index is 196. The van der Waals surface area contributed by atoms with Gasteiger partial charge in [-0.15, -0.1) is 0 Å². The molecule has 0 spiro atoms. The van der Waals surface area contributed by atoms with Gasteiger partial charge in [0, 0.05) is 0 Å². The third-order valence-corrected chi connectivity index (χ3v) is 4.60. The molecule has 1 aliphatic carbocycles. The minimum absolute atomic E-state index is 1.09. The van der Waals surface area contributed by atoms with Crippen LogP contribution in [0.1, 0.15) is 13.3 Å². The molecule has 0 heterocycles. The lowest BCUT2D eigenvalue weighted by molar-refractivity contribution is 1.34. The zero-order valence-corrected chi connectivity index (χ0v) is 8.50. The molecule has 1 aliphatic rings. The Morgan fingerprint density at radius 2 is 2.10 bits per heavy atom. The van der Waals surface area contributed by atoms with Crippen LogP contribution in [-0.2, 0) is 0 Å². The molecule has 1 rings (SSSR count). The first kappa shape index (κ1) is 8.09. The molecule has 0 fully saturated rings. The van der Waals surface area contributed by atoms with Crippen LogP contribution < -0.4 is 0 Å². The monoisotopic (exact) mass is 172 g/mol. The first-order chi connectivity index (χ1) is 4.52. The summed E-state index contributed by atoms with van der Waals surface area (Å²) in [6, 6.07) is 0. The summed E-state index contributed by atoms with van der Waals surface area (Å²) in [7, 11) is -1.50. The molecule has 0 aromatic rings. The van der Waals surface area contributed by atoms with Crippen LogP contribution in [0.4, 0.5) is 0 Å². The molecular weight excluding hydrogens is 160 g/mol. The molecule has 0 aromatic carbocycles. The number of allylic oxidation sites excluding steroid dienone is 4. The van der Waals surface area contributed by atoms with E-state index in [1.165, 1.54) is 10.8 Å². The van der Waals surface area contributed by atoms with E-state index in [2.05, 4.69) is 32.2 Å². The van der Waals surface area contributed by atoms with Gasteiger partial charge in [0.05, 0.1) is 0 Å². The van der Waals surface area contributed by atoms with Crippen molar-refractivity contribution in [3.05, 3.63) is 22.9 Å². The molecule has 2 heteroatoms. The van der Waals surface area contributed by atoms with Crippen molar-refractivity contribution < 1.29 is 0 Å². The Balaban J connectivity index is 2.86. The Labute approximate surface area is 68.3 Å². The number of hydrogen-bond acceptors (Lipinski definition) is 0. The fourth-order valence-corrected chi connectivity index (χ4v) is 3.63. The largest absolute Gasteiger partial charge is 0.177 e. The van der Waals surface area contributed by atoms with Crippen LogP contribution >= 0.6 is 11.1 Å². The highest BCUT2D eigenvalue weighted by molar-refractivity contribution is 7.23. The molecular formula is C8H13ClSi. The number of hydrogen-bond donors (Lipinski definition) is 0. The molecule has 0 aliphatic heterocycles. The van der Waals surface area contributed by atoms with Crippen molar-refractivity contribution in [2.24, 2.45) is 0 Å². The second kappa shape index (κ2) is 2.55. The summed E-state index contributed by atoms with van der Waals surface area (Å²) in [6.45, 7) is 6.51. The smallest absolute Gasteiger partial charge is 0.162 e. The maximum absolute atomic E-state index is 6.28. The van der Waals surface area contributed by atoms with Crippen molar-refractivity contribution in [1.29, 1.82) is 0 Å². The van der Waals surface area contributed by atoms with Crippen LogP contribution in [0.3, 0.4) is 0 Å². The van der Waals surface area contributed by atoms with Crippen molar-refractivity contribution >= 4 is 18.5 Å². The first-order valence-corrected chi connectivity index (χ1v) is 7.58. The second-order valence-electron chi connectivity index (χ2n) is 3.24. The van der Waals surface area contributed by atoms with Crippen LogP contribution in [0.5, 0.6) is 0 Å². The van der Waals surface area contributed by atoms with E-state index in [0.29, 0.717) is 0 Å². The van der Waals surface area contributed by atoms with Crippen LogP contribution in [0.25, 0.3) is 0 Å². The highest BCUT2D eigenvalue weighted by atomic mass is 35.6. The van der Waals surface area contributed by atoms with Gasteiger partial charge in [-0.2, -0.15) is 11.1 Å². The van der Waals surface area contributed by atoms with Crippen molar-refractivity contribution in [2.75, 3.05) is 0 Å². The molecule has 0 saturated heterocycles. The normalized spacial score (nSPS) is 18.8. The minimum atomic E-state index is -1.50. The summed E-state index contributed by atoms with van der Waals surface area (Å²) < 4.78 is 0. The van der Waals surface area contributed by atoms with Gasteiger partial charge in [0.1, 0.15) is 0 Å². The SMILES string of the molecule is CC1=C([Si](C)(C)Cl)CC=C1. The van der Waals surface area contributed by atoms with E-state index in [0.717, 1.165) is 6.42 Å². The first-order valence-electron chi connectivity index (χ1n) is 3.57. The number of halogens is 1. The Morgan fingerprint density at radius 1 is 1.50 bits per heavy atom. The Hall–Kier alpha value is -0.0131. The lowest BCUT2D eigenvalue weighted by atomic mass is 10.3. The molecule has 0 N–H and O–H groups in total. The maximum Gasteiger partial charge on any atom is 0.177 e. The van der Waals surface area contributed by atoms with E-state index in [1.54, 1.807) is 0 Å². The van der Waals surface area contributed by atoms with Gasteiger partial charge in [-0.25, -0.2) is 0 Å². The summed E-state index contributed by atoms with van der Waals surface area (Å²) in [5.74, 6) is 0. The van der Waals surface area contributed by atoms with E-state index >= 15 is 0 Å². The topological polar surface area (TPSA) is 0 Å². The Kier molecular flexibility index (Phi) is 2.06. The van der Waals surface area contributed by atoms with Gasteiger partial charge >= 0.3 is 0 Å². The standard InChI is InChI=1S/C8H13ClSi/c1-7-5-4-6-8(7)10(2,3)9/h4-5H,6H2,1-3H3. The van der Waals surface area contributed by atoms with Crippen LogP contribution in [-0.4, -0.2) is 7.38 Å². The average molecular weight is 173 g/mol. The zero-order valence-electron chi connectivity index (χ0n) is 6.74. The van der Waals surface area contributed by atoms with Gasteiger partial charge in [-0.1, -0.05) is 36.0 Å². The zero-order chi connectivity index (χ0) is 7.78. The molecule has 56 valence electrons. The molecule has 0 saturated carbocycles. The van der Waals surface area contributed by atoms with E-state index in [4.69, 9.17) is 11.1 Å². The molecule has 0 unspecified atom stereocenters. The van der Waals surface area contributed by atoms with Crippen molar-refractivity contribution in [2.45, 2.75) is 26.4 Å². The third kappa shape index (κ3) is 1.53. The molecule has 0 nitrogen and oxygen atoms in total. The van der Waals surface area contributed by atoms with E-state index in [-0.39, 0.29) is 0 Å². The summed E-state index contributed by atoms with van der Waals surface area (Å²) in [5.41, 5.74) is 1.40. The van der Waals surface area contributed by atoms with Crippen LogP contribution in [0.15, 0.2) is 22.9 Å². The van der Waals surface area contributed by atoms with Gasteiger partial charge in [-0.05, 0) is 13.3 Å². The predicted octanol–water partition coefficient (Wildman–Crippen LogP) is 3.25. The average Bonchev–Trinajstić information content (AvgIpc) is 2.11. The quantitative estimate of drug-likeness (QED) is 0.421. The maximum atomic E-state index is 6.28. The molecule has 0 atom stereocenters. The van der Waals surface area contributed by atoms with Gasteiger partial charge in [0.2, 0.25) is 0 Å². The third-order valence-electron chi connectivity index (χ3n) is 1.88. The van der Waals surface area contributed by atoms with E-state index in [1.807, 2.05) is 0 Å². The molecule has 0 aromatic heterocycles. The fraction of sp³-hybridized carbons (Fsp3) is 0.500. The van der Waals surface area contributed by atoms with E-state index < -0.39 is 7.38 Å². The molecule has 0 radical (unpaired) electrons. The van der Waals surface area contributed by atoms with Gasteiger partial charge in [0.15, 0.2) is 7.38 Å². The molecule has 0 bridgehead atoms. The van der Waals surface area contributed by atoms with Crippen molar-refractivity contribution in [1.82, 2.24) is 0 Å². The minimum Gasteiger partial charge on any atom is -0.162 e. The summed E-state index contributed by atoms with van der Waals surface area (Å²) >= 11 is 6.28. The van der Waals surface area contributed by atoms with Crippen LogP contribution in [0.2, 0.25) is 13.1 Å². The van der Waals surface area contributed by atoms with Gasteiger partial charge < -0.3 is 0 Å². The Morgan fingerprint density at radius 3 is 2.30 bits per heavy atom. The summed E-state index contributed by atoms with van der Waals surface area (Å²) in [4.78, 5) is 0. The van der Waals surface area contributed by atoms with Crippen LogP contribution in [0, 0.1) is 0 Å². The second-order valence-corrected chi connectivity index (χ2v) is 9.62. The molecule has 10 heavy (non-hydrogen) atoms. The van der Waals surface area contributed by atoms with Gasteiger partial charge in [0.25, 0.3) is 0 Å². The lowest BCUT2D eigenvalue weighted by Gasteiger charge is -2.15. The fourth-order valence-electron chi connectivity index (χ4n) is 1.33. The highest BCUT2D eigenvalue weighted by Crippen LogP contribution is 2.29. The van der Waals surface area contributed by atoms with Crippen molar-refractivity contribution in [3.63, 3.8) is 0 Å². The molecule has 0 amide bonds. The highest BCUT2D eigenvalue weighted by Gasteiger charge is 2.25. The van der Waals surface area contributed by atoms with Gasteiger partial charge in [-0.3, -0.25) is 0 Å².